The van der Waals surface area contributed by atoms with Crippen molar-refractivity contribution in [2.45, 2.75) is 57.5 Å². The van der Waals surface area contributed by atoms with Crippen molar-refractivity contribution in [2.75, 3.05) is 0 Å². The first-order chi connectivity index (χ1) is 12.0. The highest BCUT2D eigenvalue weighted by Crippen LogP contribution is 2.17. The van der Waals surface area contributed by atoms with E-state index in [1.54, 1.807) is 0 Å². The maximum Gasteiger partial charge on any atom is 0.512 e. The van der Waals surface area contributed by atoms with Gasteiger partial charge in [-0.25, -0.2) is 0 Å². The van der Waals surface area contributed by atoms with Crippen molar-refractivity contribution < 1.29 is 14.6 Å². The van der Waals surface area contributed by atoms with Crippen molar-refractivity contribution in [3.63, 3.8) is 0 Å². The van der Waals surface area contributed by atoms with Crippen molar-refractivity contribution in [1.29, 1.82) is 0 Å². The Morgan fingerprint density at radius 2 is 1.24 bits per heavy atom. The van der Waals surface area contributed by atoms with Gasteiger partial charge in [-0.2, -0.15) is 0 Å². The Labute approximate surface area is 148 Å². The van der Waals surface area contributed by atoms with Crippen LogP contribution >= 0.6 is 0 Å². The van der Waals surface area contributed by atoms with E-state index in [-0.39, 0.29) is 12.7 Å². The SMILES string of the molecule is CCC=CCC=CCC=CCC=CCCCC(C=O)([N+](=O)[O-])[N+](=O)[O-]. The van der Waals surface area contributed by atoms with Crippen molar-refractivity contribution in [3.05, 3.63) is 68.8 Å². The molecular formula is C18H26N2O5. The van der Waals surface area contributed by atoms with E-state index in [1.165, 1.54) is 0 Å². The first kappa shape index (κ1) is 22.4. The number of allylic oxidation sites excluding steroid dienone is 8. The third-order valence-electron chi connectivity index (χ3n) is 3.46. The highest BCUT2D eigenvalue weighted by Gasteiger charge is 2.55. The lowest BCUT2D eigenvalue weighted by Crippen LogP contribution is -2.47. The molecule has 0 radical (unpaired) electrons. The summed E-state index contributed by atoms with van der Waals surface area (Å²) in [4.78, 5) is 30.0. The zero-order valence-corrected chi connectivity index (χ0v) is 14.6. The van der Waals surface area contributed by atoms with Crippen LogP contribution in [0.3, 0.4) is 0 Å². The van der Waals surface area contributed by atoms with Crippen LogP contribution in [-0.4, -0.2) is 21.8 Å². The Hall–Kier alpha value is -2.57. The Bertz CT molecular complexity index is 522. The number of nitro groups is 2. The van der Waals surface area contributed by atoms with E-state index in [1.807, 2.05) is 24.3 Å². The van der Waals surface area contributed by atoms with Gasteiger partial charge in [-0.3, -0.25) is 25.0 Å². The van der Waals surface area contributed by atoms with E-state index in [4.69, 9.17) is 0 Å². The lowest BCUT2D eigenvalue weighted by molar-refractivity contribution is -0.774. The molecule has 7 nitrogen and oxygen atoms in total. The maximum atomic E-state index is 10.8. The van der Waals surface area contributed by atoms with Crippen LogP contribution in [0.5, 0.6) is 0 Å². The Morgan fingerprint density at radius 1 is 0.800 bits per heavy atom. The average molecular weight is 350 g/mol. The average Bonchev–Trinajstić information content (AvgIpc) is 2.58. The number of carbonyl (C=O) groups is 1. The van der Waals surface area contributed by atoms with Gasteiger partial charge in [0.05, 0.1) is 6.42 Å². The second-order valence-electron chi connectivity index (χ2n) is 5.40. The lowest BCUT2D eigenvalue weighted by atomic mass is 10.1. The zero-order chi connectivity index (χ0) is 19.0. The van der Waals surface area contributed by atoms with Gasteiger partial charge in [0.25, 0.3) is 6.29 Å². The normalized spacial score (nSPS) is 12.7. The van der Waals surface area contributed by atoms with Crippen LogP contribution in [0, 0.1) is 20.2 Å². The molecule has 0 unspecified atom stereocenters. The maximum absolute atomic E-state index is 10.8. The molecule has 25 heavy (non-hydrogen) atoms. The molecule has 0 aliphatic rings. The predicted molar refractivity (Wildman–Crippen MR) is 97.3 cm³/mol. The molecule has 138 valence electrons. The lowest BCUT2D eigenvalue weighted by Gasteiger charge is -2.09. The van der Waals surface area contributed by atoms with E-state index in [0.29, 0.717) is 6.42 Å². The number of hydrogen-bond donors (Lipinski definition) is 0. The largest absolute Gasteiger partial charge is 0.512 e. The fourth-order valence-electron chi connectivity index (χ4n) is 1.97. The van der Waals surface area contributed by atoms with Crippen molar-refractivity contribution in [3.8, 4) is 0 Å². The van der Waals surface area contributed by atoms with Gasteiger partial charge in [-0.05, 0) is 38.5 Å². The summed E-state index contributed by atoms with van der Waals surface area (Å²) < 4.78 is 0. The predicted octanol–water partition coefficient (Wildman–Crippen LogP) is 4.41. The molecule has 0 fully saturated rings. The second kappa shape index (κ2) is 13.8. The summed E-state index contributed by atoms with van der Waals surface area (Å²) in [7, 11) is 0. The molecule has 7 heteroatoms. The van der Waals surface area contributed by atoms with E-state index in [2.05, 4.69) is 31.2 Å². The molecule has 0 aliphatic carbocycles. The van der Waals surface area contributed by atoms with Gasteiger partial charge < -0.3 is 0 Å². The number of rotatable bonds is 14. The molecule has 0 aromatic rings. The molecule has 0 aromatic heterocycles. The minimum absolute atomic E-state index is 0.189. The summed E-state index contributed by atoms with van der Waals surface area (Å²) in [6.45, 7) is 2.10. The van der Waals surface area contributed by atoms with Crippen LogP contribution < -0.4 is 0 Å². The third kappa shape index (κ3) is 9.34. The van der Waals surface area contributed by atoms with E-state index in [9.17, 15) is 25.0 Å². The van der Waals surface area contributed by atoms with Crippen LogP contribution in [0.25, 0.3) is 0 Å². The summed E-state index contributed by atoms with van der Waals surface area (Å²) in [6.07, 6.45) is 19.8. The summed E-state index contributed by atoms with van der Waals surface area (Å²) in [5.74, 6) is 0. The van der Waals surface area contributed by atoms with Crippen LogP contribution in [0.1, 0.15) is 51.9 Å². The standard InChI is InChI=1S/C18H26N2O5/c1-2-3-4-5-6-7-8-9-10-11-12-13-14-15-16-18(17-21,19(22)23)20(24)25/h3-4,6-7,9-10,12-13,17H,2,5,8,11,14-16H2,1H3. The van der Waals surface area contributed by atoms with Gasteiger partial charge in [-0.1, -0.05) is 55.5 Å². The van der Waals surface area contributed by atoms with Crippen LogP contribution in [0.2, 0.25) is 0 Å². The van der Waals surface area contributed by atoms with Gasteiger partial charge >= 0.3 is 5.66 Å². The molecule has 0 saturated carbocycles. The molecular weight excluding hydrogens is 324 g/mol. The summed E-state index contributed by atoms with van der Waals surface area (Å²) in [5.41, 5.74) is -2.72. The molecule has 0 saturated heterocycles. The van der Waals surface area contributed by atoms with Crippen LogP contribution in [0.15, 0.2) is 48.6 Å². The fraction of sp³-hybridized carbons (Fsp3) is 0.500. The molecule has 0 bridgehead atoms. The molecule has 0 amide bonds. The van der Waals surface area contributed by atoms with Gasteiger partial charge in [0, 0.05) is 0 Å². The van der Waals surface area contributed by atoms with E-state index in [0.717, 1.165) is 25.7 Å². The molecule has 0 spiro atoms. The third-order valence-corrected chi connectivity index (χ3v) is 3.46. The van der Waals surface area contributed by atoms with Gasteiger partial charge in [0.2, 0.25) is 0 Å². The van der Waals surface area contributed by atoms with Crippen molar-refractivity contribution in [1.82, 2.24) is 0 Å². The minimum Gasteiger partial charge on any atom is -0.287 e. The topological polar surface area (TPSA) is 103 Å². The summed E-state index contributed by atoms with van der Waals surface area (Å²) >= 11 is 0. The molecule has 0 aromatic carbocycles. The summed E-state index contributed by atoms with van der Waals surface area (Å²) in [6, 6.07) is 0. The highest BCUT2D eigenvalue weighted by molar-refractivity contribution is 5.59. The number of carbonyl (C=O) groups excluding carboxylic acids is 1. The Kier molecular flexibility index (Phi) is 12.4. The fourth-order valence-corrected chi connectivity index (χ4v) is 1.97. The van der Waals surface area contributed by atoms with Crippen LogP contribution in [-0.2, 0) is 4.79 Å². The first-order valence-electron chi connectivity index (χ1n) is 8.36. The highest BCUT2D eigenvalue weighted by atomic mass is 16.7. The van der Waals surface area contributed by atoms with E-state index < -0.39 is 21.9 Å². The zero-order valence-electron chi connectivity index (χ0n) is 14.6. The smallest absolute Gasteiger partial charge is 0.287 e. The number of hydrogen-bond acceptors (Lipinski definition) is 5. The Balaban J connectivity index is 3.98. The summed E-state index contributed by atoms with van der Waals surface area (Å²) in [5, 5.41) is 21.5. The number of aldehydes is 1. The second-order valence-corrected chi connectivity index (χ2v) is 5.40. The molecule has 0 aliphatic heterocycles. The number of unbranched alkanes of at least 4 members (excludes halogenated alkanes) is 1. The quantitative estimate of drug-likeness (QED) is 0.115. The van der Waals surface area contributed by atoms with Crippen molar-refractivity contribution >= 4 is 6.29 Å². The van der Waals surface area contributed by atoms with Gasteiger partial charge in [0.15, 0.2) is 0 Å². The van der Waals surface area contributed by atoms with E-state index >= 15 is 0 Å². The molecule has 0 rings (SSSR count). The minimum atomic E-state index is -2.72. The molecule has 0 heterocycles. The Morgan fingerprint density at radius 3 is 1.64 bits per heavy atom. The van der Waals surface area contributed by atoms with Crippen LogP contribution in [0.4, 0.5) is 0 Å². The molecule has 0 N–H and O–H groups in total. The van der Waals surface area contributed by atoms with Crippen molar-refractivity contribution in [2.24, 2.45) is 0 Å². The monoisotopic (exact) mass is 350 g/mol. The van der Waals surface area contributed by atoms with Gasteiger partial charge in [0.1, 0.15) is 9.85 Å². The van der Waals surface area contributed by atoms with Gasteiger partial charge in [-0.15, -0.1) is 0 Å². The molecule has 0 atom stereocenters. The number of nitrogens with zero attached hydrogens (tertiary/aromatic N) is 2. The first-order valence-corrected chi connectivity index (χ1v) is 8.36.